The number of aryl methyl sites for hydroxylation is 1. The van der Waals surface area contributed by atoms with Gasteiger partial charge in [-0.05, 0) is 100.0 Å². The van der Waals surface area contributed by atoms with Crippen LogP contribution in [0.3, 0.4) is 0 Å². The topological polar surface area (TPSA) is 38.0 Å². The van der Waals surface area contributed by atoms with Crippen LogP contribution in [0.1, 0.15) is 77.8 Å². The lowest BCUT2D eigenvalue weighted by Crippen LogP contribution is -2.17. The SMILES string of the molecule is Cc1ccc(C(C)(C)O)c(-c2ccc3ccc4cc5c6ccccc6n(-c6cc(C(C)(C)C)cc(C(C)(C)C)c6)c5c5ccc2c3c45)n1. The van der Waals surface area contributed by atoms with Crippen LogP contribution in [0.15, 0.2) is 97.1 Å². The zero-order chi connectivity index (χ0) is 33.9. The van der Waals surface area contributed by atoms with Crippen molar-refractivity contribution in [3.63, 3.8) is 0 Å². The van der Waals surface area contributed by atoms with E-state index >= 15 is 0 Å². The maximum Gasteiger partial charge on any atom is 0.0861 e. The van der Waals surface area contributed by atoms with E-state index in [1.54, 1.807) is 0 Å². The quantitative estimate of drug-likeness (QED) is 0.198. The number of para-hydroxylation sites is 1. The van der Waals surface area contributed by atoms with Gasteiger partial charge in [0.15, 0.2) is 0 Å². The smallest absolute Gasteiger partial charge is 0.0861 e. The van der Waals surface area contributed by atoms with E-state index in [4.69, 9.17) is 4.98 Å². The molecule has 240 valence electrons. The number of benzene rings is 6. The van der Waals surface area contributed by atoms with Gasteiger partial charge in [-0.3, -0.25) is 4.98 Å². The van der Waals surface area contributed by atoms with Gasteiger partial charge in [-0.25, -0.2) is 0 Å². The fourth-order valence-corrected chi connectivity index (χ4v) is 7.66. The third kappa shape index (κ3) is 4.63. The number of hydrogen-bond acceptors (Lipinski definition) is 2. The van der Waals surface area contributed by atoms with Crippen LogP contribution in [-0.4, -0.2) is 14.7 Å². The molecule has 2 heterocycles. The molecule has 0 aliphatic carbocycles. The number of nitrogens with zero attached hydrogens (tertiary/aromatic N) is 2. The first kappa shape index (κ1) is 30.6. The van der Waals surface area contributed by atoms with Crippen molar-refractivity contribution in [1.82, 2.24) is 9.55 Å². The Kier molecular flexibility index (Phi) is 6.46. The lowest BCUT2D eigenvalue weighted by atomic mass is 9.80. The molecule has 0 fully saturated rings. The molecule has 0 amide bonds. The van der Waals surface area contributed by atoms with Crippen molar-refractivity contribution in [2.75, 3.05) is 0 Å². The predicted molar refractivity (Wildman–Crippen MR) is 205 cm³/mol. The highest BCUT2D eigenvalue weighted by Gasteiger charge is 2.26. The first-order chi connectivity index (χ1) is 22.6. The first-order valence-corrected chi connectivity index (χ1v) is 17.1. The number of rotatable bonds is 3. The lowest BCUT2D eigenvalue weighted by Gasteiger charge is -2.27. The van der Waals surface area contributed by atoms with Crippen molar-refractivity contribution in [1.29, 1.82) is 0 Å². The van der Waals surface area contributed by atoms with Crippen LogP contribution >= 0.6 is 0 Å². The average Bonchev–Trinajstić information content (AvgIpc) is 3.36. The van der Waals surface area contributed by atoms with Crippen molar-refractivity contribution in [2.24, 2.45) is 0 Å². The van der Waals surface area contributed by atoms with E-state index < -0.39 is 5.60 Å². The van der Waals surface area contributed by atoms with E-state index in [0.29, 0.717) is 0 Å². The molecule has 0 atom stereocenters. The molecule has 0 aliphatic rings. The molecule has 48 heavy (non-hydrogen) atoms. The molecule has 0 bridgehead atoms. The van der Waals surface area contributed by atoms with Gasteiger partial charge in [0.25, 0.3) is 0 Å². The molecule has 8 aromatic rings. The molecule has 6 aromatic carbocycles. The zero-order valence-corrected chi connectivity index (χ0v) is 29.6. The maximum absolute atomic E-state index is 11.2. The maximum atomic E-state index is 11.2. The molecule has 3 nitrogen and oxygen atoms in total. The highest BCUT2D eigenvalue weighted by atomic mass is 16.3. The summed E-state index contributed by atoms with van der Waals surface area (Å²) in [5, 5.41) is 21.1. The van der Waals surface area contributed by atoms with Crippen molar-refractivity contribution in [2.45, 2.75) is 78.7 Å². The predicted octanol–water partition coefficient (Wildman–Crippen LogP) is 11.9. The van der Waals surface area contributed by atoms with E-state index in [0.717, 1.165) is 27.9 Å². The van der Waals surface area contributed by atoms with Crippen molar-refractivity contribution >= 4 is 54.1 Å². The van der Waals surface area contributed by atoms with Crippen LogP contribution in [0.25, 0.3) is 71.1 Å². The van der Waals surface area contributed by atoms with E-state index in [9.17, 15) is 5.11 Å². The minimum atomic E-state index is -1.03. The largest absolute Gasteiger partial charge is 0.386 e. The molecule has 0 saturated heterocycles. The summed E-state index contributed by atoms with van der Waals surface area (Å²) in [6, 6.07) is 36.0. The minimum absolute atomic E-state index is 0.00293. The number of aromatic nitrogens is 2. The number of hydrogen-bond donors (Lipinski definition) is 1. The fraction of sp³-hybridized carbons (Fsp3) is 0.267. The summed E-state index contributed by atoms with van der Waals surface area (Å²) < 4.78 is 2.51. The van der Waals surface area contributed by atoms with Gasteiger partial charge in [-0.15, -0.1) is 0 Å². The summed E-state index contributed by atoms with van der Waals surface area (Å²) >= 11 is 0. The fourth-order valence-electron chi connectivity index (χ4n) is 7.66. The Hall–Kier alpha value is -4.73. The number of pyridine rings is 1. The Morgan fingerprint density at radius 1 is 0.583 bits per heavy atom. The monoisotopic (exact) mass is 628 g/mol. The Bertz CT molecular complexity index is 2530. The number of fused-ring (bicyclic) bond motifs is 4. The molecule has 0 radical (unpaired) electrons. The number of aliphatic hydroxyl groups is 1. The normalized spacial score (nSPS) is 13.2. The average molecular weight is 629 g/mol. The summed E-state index contributed by atoms with van der Waals surface area (Å²) in [7, 11) is 0. The van der Waals surface area contributed by atoms with Crippen molar-refractivity contribution < 1.29 is 5.11 Å². The molecular formula is C45H44N2O. The Balaban J connectivity index is 1.53. The van der Waals surface area contributed by atoms with Crippen LogP contribution in [0.5, 0.6) is 0 Å². The Morgan fingerprint density at radius 2 is 1.21 bits per heavy atom. The molecule has 3 heteroatoms. The lowest BCUT2D eigenvalue weighted by molar-refractivity contribution is 0.0789. The summed E-state index contributed by atoms with van der Waals surface area (Å²) in [6.07, 6.45) is 0. The molecule has 2 aromatic heterocycles. The molecular weight excluding hydrogens is 585 g/mol. The molecule has 0 saturated carbocycles. The van der Waals surface area contributed by atoms with Crippen molar-refractivity contribution in [3.8, 4) is 16.9 Å². The van der Waals surface area contributed by atoms with Gasteiger partial charge >= 0.3 is 0 Å². The minimum Gasteiger partial charge on any atom is -0.386 e. The van der Waals surface area contributed by atoms with Crippen molar-refractivity contribution in [3.05, 3.63) is 119 Å². The van der Waals surface area contributed by atoms with E-state index in [-0.39, 0.29) is 10.8 Å². The first-order valence-electron chi connectivity index (χ1n) is 17.1. The van der Waals surface area contributed by atoms with Gasteiger partial charge in [0, 0.05) is 38.7 Å². The third-order valence-electron chi connectivity index (χ3n) is 10.3. The van der Waals surface area contributed by atoms with E-state index in [1.165, 1.54) is 65.6 Å². The summed E-state index contributed by atoms with van der Waals surface area (Å²) in [5.41, 5.74) is 8.96. The van der Waals surface area contributed by atoms with Crippen LogP contribution < -0.4 is 0 Å². The molecule has 8 rings (SSSR count). The summed E-state index contributed by atoms with van der Waals surface area (Å²) in [6.45, 7) is 19.5. The van der Waals surface area contributed by atoms with Gasteiger partial charge < -0.3 is 9.67 Å². The Morgan fingerprint density at radius 3 is 1.90 bits per heavy atom. The summed E-state index contributed by atoms with van der Waals surface area (Å²) in [5.74, 6) is 0. The molecule has 0 aliphatic heterocycles. The van der Waals surface area contributed by atoms with Gasteiger partial charge in [-0.1, -0.05) is 108 Å². The van der Waals surface area contributed by atoms with Crippen LogP contribution in [0.2, 0.25) is 0 Å². The second-order valence-electron chi connectivity index (χ2n) is 16.3. The zero-order valence-electron chi connectivity index (χ0n) is 29.6. The molecule has 1 N–H and O–H groups in total. The molecule has 0 unspecified atom stereocenters. The van der Waals surface area contributed by atoms with Crippen LogP contribution in [0, 0.1) is 6.92 Å². The van der Waals surface area contributed by atoms with Gasteiger partial charge in [0.2, 0.25) is 0 Å². The van der Waals surface area contributed by atoms with Gasteiger partial charge in [0.05, 0.1) is 22.3 Å². The molecule has 0 spiro atoms. The Labute approximate surface area is 283 Å². The van der Waals surface area contributed by atoms with E-state index in [2.05, 4.69) is 131 Å². The van der Waals surface area contributed by atoms with Crippen LogP contribution in [0.4, 0.5) is 0 Å². The van der Waals surface area contributed by atoms with E-state index in [1.807, 2.05) is 32.9 Å². The highest BCUT2D eigenvalue weighted by molar-refractivity contribution is 6.32. The third-order valence-corrected chi connectivity index (χ3v) is 10.3. The second kappa shape index (κ2) is 10.1. The van der Waals surface area contributed by atoms with Gasteiger partial charge in [0.1, 0.15) is 0 Å². The summed E-state index contributed by atoms with van der Waals surface area (Å²) in [4.78, 5) is 5.02. The highest BCUT2D eigenvalue weighted by Crippen LogP contribution is 2.46. The standard InChI is InChI=1S/C45H44N2O/c1-26-14-21-37(45(8,9)48)41(46-26)34-18-17-27-15-16-28-22-36-32-12-10-11-13-38(32)47(42(36)35-20-19-33(34)39(27)40(28)35)31-24-29(43(2,3)4)23-30(25-31)44(5,6)7/h10-25,48H,1-9H3. The van der Waals surface area contributed by atoms with Gasteiger partial charge in [-0.2, -0.15) is 0 Å². The van der Waals surface area contributed by atoms with Crippen LogP contribution in [-0.2, 0) is 16.4 Å². The second-order valence-corrected chi connectivity index (χ2v) is 16.3.